The number of hydrogen-bond donors (Lipinski definition) is 2. The van der Waals surface area contributed by atoms with Gasteiger partial charge in [0.25, 0.3) is 0 Å². The molecule has 1 rings (SSSR count). The van der Waals surface area contributed by atoms with E-state index >= 15 is 0 Å². The number of benzene rings is 1. The molecule has 0 aliphatic heterocycles. The van der Waals surface area contributed by atoms with Gasteiger partial charge in [0.05, 0.1) is 7.11 Å². The van der Waals surface area contributed by atoms with Crippen LogP contribution in [-0.2, 0) is 30.8 Å². The van der Waals surface area contributed by atoms with Crippen LogP contribution in [0.1, 0.15) is 5.56 Å². The van der Waals surface area contributed by atoms with E-state index in [1.165, 1.54) is 0 Å². The van der Waals surface area contributed by atoms with Gasteiger partial charge in [-0.3, -0.25) is 9.59 Å². The third-order valence-electron chi connectivity index (χ3n) is 2.44. The van der Waals surface area contributed by atoms with E-state index in [9.17, 15) is 18.0 Å². The Hall–Kier alpha value is -1.93. The van der Waals surface area contributed by atoms with E-state index in [0.29, 0.717) is 5.56 Å². The Labute approximate surface area is 116 Å². The number of aliphatic carboxylic acids is 1. The number of carboxylic acid groups (broad SMARTS) is 1. The fourth-order valence-electron chi connectivity index (χ4n) is 1.50. The normalized spacial score (nSPS) is 12.7. The van der Waals surface area contributed by atoms with E-state index in [4.69, 9.17) is 5.11 Å². The van der Waals surface area contributed by atoms with Crippen LogP contribution in [0.5, 0.6) is 0 Å². The van der Waals surface area contributed by atoms with Gasteiger partial charge in [0.2, 0.25) is 10.0 Å². The van der Waals surface area contributed by atoms with Crippen LogP contribution in [0.4, 0.5) is 0 Å². The van der Waals surface area contributed by atoms with Gasteiger partial charge in [-0.1, -0.05) is 30.3 Å². The van der Waals surface area contributed by atoms with Crippen LogP contribution in [0, 0.1) is 0 Å². The highest BCUT2D eigenvalue weighted by atomic mass is 32.2. The summed E-state index contributed by atoms with van der Waals surface area (Å²) in [6, 6.07) is 7.23. The van der Waals surface area contributed by atoms with Gasteiger partial charge in [0.1, 0.15) is 6.04 Å². The van der Waals surface area contributed by atoms with Gasteiger partial charge in [-0.2, -0.15) is 0 Å². The summed E-state index contributed by atoms with van der Waals surface area (Å²) in [6.45, 7) is 0. The molecule has 0 heterocycles. The van der Waals surface area contributed by atoms with Gasteiger partial charge in [0.15, 0.2) is 5.75 Å². The summed E-state index contributed by atoms with van der Waals surface area (Å²) in [4.78, 5) is 22.0. The molecule has 0 fully saturated rings. The van der Waals surface area contributed by atoms with Crippen molar-refractivity contribution in [3.05, 3.63) is 35.9 Å². The van der Waals surface area contributed by atoms with Crippen LogP contribution >= 0.6 is 0 Å². The van der Waals surface area contributed by atoms with Gasteiger partial charge in [0, 0.05) is 0 Å². The van der Waals surface area contributed by atoms with Crippen molar-refractivity contribution in [1.29, 1.82) is 0 Å². The lowest BCUT2D eigenvalue weighted by Crippen LogP contribution is -2.44. The number of hydrogen-bond acceptors (Lipinski definition) is 5. The Balaban J connectivity index is 2.78. The monoisotopic (exact) mass is 301 g/mol. The lowest BCUT2D eigenvalue weighted by Gasteiger charge is -2.14. The summed E-state index contributed by atoms with van der Waals surface area (Å²) in [5.41, 5.74) is 0.667. The van der Waals surface area contributed by atoms with E-state index in [1.807, 2.05) is 4.72 Å². The van der Waals surface area contributed by atoms with Crippen LogP contribution in [0.3, 0.4) is 0 Å². The molecule has 0 spiro atoms. The lowest BCUT2D eigenvalue weighted by molar-refractivity contribution is -0.139. The molecule has 1 atom stereocenters. The highest BCUT2D eigenvalue weighted by molar-refractivity contribution is 7.90. The molecule has 1 aromatic carbocycles. The van der Waals surface area contributed by atoms with E-state index in [2.05, 4.69) is 4.74 Å². The maximum Gasteiger partial charge on any atom is 0.322 e. The fraction of sp³-hybridized carbons (Fsp3) is 0.333. The van der Waals surface area contributed by atoms with Crippen molar-refractivity contribution in [3.63, 3.8) is 0 Å². The van der Waals surface area contributed by atoms with Gasteiger partial charge < -0.3 is 9.84 Å². The fourth-order valence-corrected chi connectivity index (χ4v) is 2.63. The first kappa shape index (κ1) is 16.1. The number of rotatable bonds is 7. The van der Waals surface area contributed by atoms with Gasteiger partial charge in [-0.25, -0.2) is 13.1 Å². The van der Waals surface area contributed by atoms with Crippen LogP contribution in [0.2, 0.25) is 0 Å². The summed E-state index contributed by atoms with van der Waals surface area (Å²) in [7, 11) is -3.01. The van der Waals surface area contributed by atoms with Crippen molar-refractivity contribution in [2.45, 2.75) is 12.5 Å². The summed E-state index contributed by atoms with van der Waals surface area (Å²) >= 11 is 0. The number of ether oxygens (including phenoxy) is 1. The molecule has 0 aromatic heterocycles. The average Bonchev–Trinajstić information content (AvgIpc) is 2.38. The minimum Gasteiger partial charge on any atom is -0.480 e. The number of methoxy groups -OCH3 is 1. The second-order valence-electron chi connectivity index (χ2n) is 4.03. The third-order valence-corrected chi connectivity index (χ3v) is 3.70. The van der Waals surface area contributed by atoms with E-state index < -0.39 is 33.8 Å². The summed E-state index contributed by atoms with van der Waals surface area (Å²) in [5.74, 6) is -3.19. The zero-order valence-corrected chi connectivity index (χ0v) is 11.6. The molecule has 8 heteroatoms. The standard InChI is InChI=1S/C12H15NO6S/c1-19-11(14)8-20(17,18)13-10(12(15)16)7-9-5-3-2-4-6-9/h2-6,10,13H,7-8H2,1H3,(H,15,16)/t10-/m0/s1. The minimum absolute atomic E-state index is 0.0173. The highest BCUT2D eigenvalue weighted by Crippen LogP contribution is 2.05. The molecule has 2 N–H and O–H groups in total. The molecular formula is C12H15NO6S. The molecule has 0 aliphatic carbocycles. The zero-order chi connectivity index (χ0) is 15.2. The quantitative estimate of drug-likeness (QED) is 0.673. The first-order valence-electron chi connectivity index (χ1n) is 5.67. The lowest BCUT2D eigenvalue weighted by atomic mass is 10.1. The molecule has 0 amide bonds. The highest BCUT2D eigenvalue weighted by Gasteiger charge is 2.26. The van der Waals surface area contributed by atoms with E-state index in [1.54, 1.807) is 30.3 Å². The number of esters is 1. The minimum atomic E-state index is -4.06. The van der Waals surface area contributed by atoms with Crippen molar-refractivity contribution < 1.29 is 27.9 Å². The van der Waals surface area contributed by atoms with Crippen molar-refractivity contribution in [1.82, 2.24) is 4.72 Å². The topological polar surface area (TPSA) is 110 Å². The van der Waals surface area contributed by atoms with E-state index in [-0.39, 0.29) is 6.42 Å². The molecular weight excluding hydrogens is 286 g/mol. The Morgan fingerprint density at radius 2 is 1.90 bits per heavy atom. The Kier molecular flexibility index (Phi) is 5.66. The third kappa shape index (κ3) is 5.37. The summed E-state index contributed by atoms with van der Waals surface area (Å²) < 4.78 is 29.5. The van der Waals surface area contributed by atoms with Gasteiger partial charge in [-0.15, -0.1) is 0 Å². The molecule has 0 aliphatic rings. The van der Waals surface area contributed by atoms with Gasteiger partial charge in [-0.05, 0) is 12.0 Å². The smallest absolute Gasteiger partial charge is 0.322 e. The number of carboxylic acids is 1. The molecule has 20 heavy (non-hydrogen) atoms. The summed E-state index contributed by atoms with van der Waals surface area (Å²) in [6.07, 6.45) is -0.0173. The molecule has 0 saturated carbocycles. The molecule has 0 unspecified atom stereocenters. The van der Waals surface area contributed by atoms with Crippen molar-refractivity contribution in [3.8, 4) is 0 Å². The van der Waals surface area contributed by atoms with Crippen LogP contribution in [0.25, 0.3) is 0 Å². The number of nitrogens with one attached hydrogen (secondary N) is 1. The largest absolute Gasteiger partial charge is 0.480 e. The second kappa shape index (κ2) is 7.01. The predicted molar refractivity (Wildman–Crippen MR) is 70.5 cm³/mol. The Bertz CT molecular complexity index is 569. The van der Waals surface area contributed by atoms with Crippen LogP contribution in [0.15, 0.2) is 30.3 Å². The molecule has 0 radical (unpaired) electrons. The van der Waals surface area contributed by atoms with Crippen LogP contribution < -0.4 is 4.72 Å². The molecule has 110 valence electrons. The Morgan fingerprint density at radius 3 is 2.40 bits per heavy atom. The Morgan fingerprint density at radius 1 is 1.30 bits per heavy atom. The maximum absolute atomic E-state index is 11.6. The molecule has 7 nitrogen and oxygen atoms in total. The van der Waals surface area contributed by atoms with Gasteiger partial charge >= 0.3 is 11.9 Å². The SMILES string of the molecule is COC(=O)CS(=O)(=O)N[C@@H](Cc1ccccc1)C(=O)O. The second-order valence-corrected chi connectivity index (χ2v) is 5.79. The summed E-state index contributed by atoms with van der Waals surface area (Å²) in [5, 5.41) is 9.05. The molecule has 0 saturated heterocycles. The number of sulfonamides is 1. The van der Waals surface area contributed by atoms with Crippen molar-refractivity contribution >= 4 is 22.0 Å². The predicted octanol–water partition coefficient (Wildman–Crippen LogP) is -0.225. The molecule has 0 bridgehead atoms. The first-order chi connectivity index (χ1) is 9.34. The number of carbonyl (C=O) groups excluding carboxylic acids is 1. The number of carbonyl (C=O) groups is 2. The average molecular weight is 301 g/mol. The maximum atomic E-state index is 11.6. The van der Waals surface area contributed by atoms with Crippen molar-refractivity contribution in [2.24, 2.45) is 0 Å². The van der Waals surface area contributed by atoms with Crippen molar-refractivity contribution in [2.75, 3.05) is 12.9 Å². The molecule has 1 aromatic rings. The first-order valence-corrected chi connectivity index (χ1v) is 7.33. The van der Waals surface area contributed by atoms with Crippen LogP contribution in [-0.4, -0.2) is 44.4 Å². The zero-order valence-electron chi connectivity index (χ0n) is 10.8. The van der Waals surface area contributed by atoms with E-state index in [0.717, 1.165) is 7.11 Å².